The standard InChI is InChI=1S/C18H15ClFN3O3/c1-23(17(24)11-25-15-9-5-4-8-14(15)20)10-16-21-18(22-26-16)12-6-2-3-7-13(12)19/h2-9H,10-11H2,1H3. The van der Waals surface area contributed by atoms with E-state index in [1.54, 1.807) is 37.4 Å². The predicted molar refractivity (Wildman–Crippen MR) is 93.1 cm³/mol. The topological polar surface area (TPSA) is 68.5 Å². The van der Waals surface area contributed by atoms with Gasteiger partial charge in [-0.15, -0.1) is 0 Å². The van der Waals surface area contributed by atoms with Crippen LogP contribution in [0.2, 0.25) is 5.02 Å². The van der Waals surface area contributed by atoms with E-state index in [0.717, 1.165) is 0 Å². The van der Waals surface area contributed by atoms with Crippen molar-refractivity contribution in [2.24, 2.45) is 0 Å². The van der Waals surface area contributed by atoms with Crippen LogP contribution in [0.3, 0.4) is 0 Å². The fourth-order valence-corrected chi connectivity index (χ4v) is 2.39. The molecule has 134 valence electrons. The van der Waals surface area contributed by atoms with E-state index in [2.05, 4.69) is 10.1 Å². The zero-order valence-electron chi connectivity index (χ0n) is 13.9. The van der Waals surface area contributed by atoms with Crippen LogP contribution in [0.25, 0.3) is 11.4 Å². The van der Waals surface area contributed by atoms with Crippen LogP contribution < -0.4 is 4.74 Å². The molecule has 2 aromatic carbocycles. The summed E-state index contributed by atoms with van der Waals surface area (Å²) in [4.78, 5) is 17.7. The Labute approximate surface area is 154 Å². The molecule has 3 rings (SSSR count). The number of hydrogen-bond donors (Lipinski definition) is 0. The third kappa shape index (κ3) is 4.18. The minimum Gasteiger partial charge on any atom is -0.481 e. The Kier molecular flexibility index (Phi) is 5.48. The number of carbonyl (C=O) groups excluding carboxylic acids is 1. The number of para-hydroxylation sites is 1. The summed E-state index contributed by atoms with van der Waals surface area (Å²) in [7, 11) is 1.56. The summed E-state index contributed by atoms with van der Waals surface area (Å²) in [5, 5.41) is 4.38. The van der Waals surface area contributed by atoms with Crippen LogP contribution in [-0.2, 0) is 11.3 Å². The molecular formula is C18H15ClFN3O3. The molecule has 0 fully saturated rings. The third-order valence-corrected chi connectivity index (χ3v) is 3.90. The van der Waals surface area contributed by atoms with Gasteiger partial charge in [-0.3, -0.25) is 4.79 Å². The highest BCUT2D eigenvalue weighted by Crippen LogP contribution is 2.25. The minimum atomic E-state index is -0.524. The number of carbonyl (C=O) groups is 1. The summed E-state index contributed by atoms with van der Waals surface area (Å²) in [6, 6.07) is 13.0. The first kappa shape index (κ1) is 17.9. The van der Waals surface area contributed by atoms with Crippen LogP contribution in [0.5, 0.6) is 5.75 Å². The van der Waals surface area contributed by atoms with Crippen molar-refractivity contribution in [3.63, 3.8) is 0 Å². The molecule has 0 unspecified atom stereocenters. The van der Waals surface area contributed by atoms with Gasteiger partial charge in [-0.25, -0.2) is 4.39 Å². The fraction of sp³-hybridized carbons (Fsp3) is 0.167. The molecule has 0 aliphatic heterocycles. The normalized spacial score (nSPS) is 10.6. The summed E-state index contributed by atoms with van der Waals surface area (Å²) < 4.78 is 23.9. The second-order valence-electron chi connectivity index (χ2n) is 5.46. The average molecular weight is 376 g/mol. The van der Waals surface area contributed by atoms with Crippen LogP contribution in [0, 0.1) is 5.82 Å². The lowest BCUT2D eigenvalue weighted by Gasteiger charge is -2.15. The van der Waals surface area contributed by atoms with Gasteiger partial charge in [0.1, 0.15) is 0 Å². The number of benzene rings is 2. The Morgan fingerprint density at radius 3 is 2.73 bits per heavy atom. The highest BCUT2D eigenvalue weighted by Gasteiger charge is 2.16. The number of likely N-dealkylation sites (N-methyl/N-ethyl adjacent to an activating group) is 1. The second kappa shape index (κ2) is 7.97. The molecule has 3 aromatic rings. The highest BCUT2D eigenvalue weighted by atomic mass is 35.5. The number of amides is 1. The number of ether oxygens (including phenoxy) is 1. The molecule has 0 atom stereocenters. The molecule has 1 amide bonds. The van der Waals surface area contributed by atoms with E-state index < -0.39 is 5.82 Å². The Balaban J connectivity index is 1.59. The van der Waals surface area contributed by atoms with Crippen LogP contribution >= 0.6 is 11.6 Å². The Bertz CT molecular complexity index is 916. The molecule has 0 radical (unpaired) electrons. The lowest BCUT2D eigenvalue weighted by molar-refractivity contribution is -0.132. The van der Waals surface area contributed by atoms with Crippen molar-refractivity contribution < 1.29 is 18.4 Å². The quantitative estimate of drug-likeness (QED) is 0.658. The van der Waals surface area contributed by atoms with E-state index in [1.165, 1.54) is 17.0 Å². The zero-order valence-corrected chi connectivity index (χ0v) is 14.6. The molecule has 8 heteroatoms. The van der Waals surface area contributed by atoms with E-state index in [0.29, 0.717) is 16.4 Å². The molecule has 0 spiro atoms. The van der Waals surface area contributed by atoms with Crippen molar-refractivity contribution in [1.29, 1.82) is 0 Å². The lowest BCUT2D eigenvalue weighted by atomic mass is 10.2. The van der Waals surface area contributed by atoms with E-state index in [1.807, 2.05) is 6.07 Å². The molecule has 0 bridgehead atoms. The van der Waals surface area contributed by atoms with Crippen molar-refractivity contribution in [3.05, 3.63) is 65.3 Å². The molecule has 0 saturated carbocycles. The van der Waals surface area contributed by atoms with Gasteiger partial charge in [0.2, 0.25) is 11.7 Å². The molecule has 0 N–H and O–H groups in total. The predicted octanol–water partition coefficient (Wildman–Crippen LogP) is 3.57. The first-order valence-corrected chi connectivity index (χ1v) is 8.11. The SMILES string of the molecule is CN(Cc1nc(-c2ccccc2Cl)no1)C(=O)COc1ccccc1F. The van der Waals surface area contributed by atoms with E-state index in [4.69, 9.17) is 20.9 Å². The zero-order chi connectivity index (χ0) is 18.5. The number of halogens is 2. The van der Waals surface area contributed by atoms with Gasteiger partial charge in [0.25, 0.3) is 5.91 Å². The van der Waals surface area contributed by atoms with E-state index >= 15 is 0 Å². The van der Waals surface area contributed by atoms with Crippen LogP contribution in [-0.4, -0.2) is 34.6 Å². The molecule has 0 aliphatic carbocycles. The van der Waals surface area contributed by atoms with Crippen molar-refractivity contribution in [2.45, 2.75) is 6.54 Å². The van der Waals surface area contributed by atoms with Crippen LogP contribution in [0.15, 0.2) is 53.1 Å². The molecular weight excluding hydrogens is 361 g/mol. The third-order valence-electron chi connectivity index (χ3n) is 3.57. The Morgan fingerprint density at radius 1 is 1.23 bits per heavy atom. The van der Waals surface area contributed by atoms with Crippen molar-refractivity contribution >= 4 is 17.5 Å². The van der Waals surface area contributed by atoms with Gasteiger partial charge in [0.15, 0.2) is 18.2 Å². The minimum absolute atomic E-state index is 0.0213. The van der Waals surface area contributed by atoms with Gasteiger partial charge in [0.05, 0.1) is 11.6 Å². The molecule has 1 aromatic heterocycles. The number of nitrogens with zero attached hydrogens (tertiary/aromatic N) is 3. The van der Waals surface area contributed by atoms with Gasteiger partial charge in [-0.1, -0.05) is 41.0 Å². The number of hydrogen-bond acceptors (Lipinski definition) is 5. The lowest BCUT2D eigenvalue weighted by Crippen LogP contribution is -2.31. The maximum Gasteiger partial charge on any atom is 0.260 e. The van der Waals surface area contributed by atoms with E-state index in [9.17, 15) is 9.18 Å². The number of rotatable bonds is 6. The van der Waals surface area contributed by atoms with E-state index in [-0.39, 0.29) is 30.7 Å². The van der Waals surface area contributed by atoms with Crippen molar-refractivity contribution in [3.8, 4) is 17.1 Å². The highest BCUT2D eigenvalue weighted by molar-refractivity contribution is 6.33. The first-order valence-electron chi connectivity index (χ1n) is 7.73. The van der Waals surface area contributed by atoms with Gasteiger partial charge >= 0.3 is 0 Å². The summed E-state index contributed by atoms with van der Waals surface area (Å²) >= 11 is 6.10. The smallest absolute Gasteiger partial charge is 0.260 e. The molecule has 6 nitrogen and oxygen atoms in total. The average Bonchev–Trinajstić information content (AvgIpc) is 3.09. The summed E-state index contributed by atoms with van der Waals surface area (Å²) in [5.41, 5.74) is 0.640. The maximum absolute atomic E-state index is 13.5. The van der Waals surface area contributed by atoms with Gasteiger partial charge in [-0.05, 0) is 24.3 Å². The largest absolute Gasteiger partial charge is 0.481 e. The number of aromatic nitrogens is 2. The Hall–Kier alpha value is -2.93. The first-order chi connectivity index (χ1) is 12.5. The van der Waals surface area contributed by atoms with Crippen LogP contribution in [0.1, 0.15) is 5.89 Å². The molecule has 0 saturated heterocycles. The molecule has 0 aliphatic rings. The summed E-state index contributed by atoms with van der Waals surface area (Å²) in [6.07, 6.45) is 0. The monoisotopic (exact) mass is 375 g/mol. The maximum atomic E-state index is 13.5. The van der Waals surface area contributed by atoms with Crippen molar-refractivity contribution in [2.75, 3.05) is 13.7 Å². The van der Waals surface area contributed by atoms with Gasteiger partial charge < -0.3 is 14.2 Å². The van der Waals surface area contributed by atoms with Gasteiger partial charge in [0, 0.05) is 12.6 Å². The summed E-state index contributed by atoms with van der Waals surface area (Å²) in [6.45, 7) is -0.208. The Morgan fingerprint density at radius 2 is 1.96 bits per heavy atom. The molecule has 26 heavy (non-hydrogen) atoms. The summed E-state index contributed by atoms with van der Waals surface area (Å²) in [5.74, 6) is -0.265. The fourth-order valence-electron chi connectivity index (χ4n) is 2.17. The van der Waals surface area contributed by atoms with Crippen LogP contribution in [0.4, 0.5) is 4.39 Å². The van der Waals surface area contributed by atoms with Gasteiger partial charge in [-0.2, -0.15) is 4.98 Å². The molecule has 1 heterocycles. The second-order valence-corrected chi connectivity index (χ2v) is 5.87. The van der Waals surface area contributed by atoms with Crippen molar-refractivity contribution in [1.82, 2.24) is 15.0 Å².